The van der Waals surface area contributed by atoms with Gasteiger partial charge in [0, 0.05) is 24.6 Å². The highest BCUT2D eigenvalue weighted by Crippen LogP contribution is 2.42. The highest BCUT2D eigenvalue weighted by Gasteiger charge is 2.37. The molecule has 0 saturated carbocycles. The molecule has 0 N–H and O–H groups in total. The third kappa shape index (κ3) is 4.07. The molecule has 1 aliphatic heterocycles. The summed E-state index contributed by atoms with van der Waals surface area (Å²) in [6.45, 7) is 2.69. The zero-order valence-electron chi connectivity index (χ0n) is 19.4. The molecule has 0 fully saturated rings. The average molecular weight is 464 g/mol. The fraction of sp³-hybridized carbons (Fsp3) is 0.240. The molecule has 3 aromatic carbocycles. The highest BCUT2D eigenvalue weighted by molar-refractivity contribution is 6.07. The summed E-state index contributed by atoms with van der Waals surface area (Å²) in [5, 5.41) is 7.01. The van der Waals surface area contributed by atoms with Gasteiger partial charge in [-0.1, -0.05) is 24.3 Å². The Morgan fingerprint density at radius 2 is 1.62 bits per heavy atom. The minimum absolute atomic E-state index is 0.0883. The van der Waals surface area contributed by atoms with Crippen LogP contribution in [0.25, 0.3) is 10.8 Å². The van der Waals surface area contributed by atoms with Crippen molar-refractivity contribution in [3.8, 4) is 23.0 Å². The number of hydrogen-bond donors (Lipinski definition) is 0. The van der Waals surface area contributed by atoms with Crippen molar-refractivity contribution in [3.05, 3.63) is 59.7 Å². The maximum atomic E-state index is 12.5. The number of methoxy groups -OCH3 is 3. The Hall–Kier alpha value is -4.27. The number of benzene rings is 3. The molecule has 1 atom stereocenters. The van der Waals surface area contributed by atoms with Gasteiger partial charge in [0.1, 0.15) is 17.2 Å². The van der Waals surface area contributed by atoms with Gasteiger partial charge in [-0.15, -0.1) is 5.10 Å². The van der Waals surface area contributed by atoms with E-state index in [1.807, 2.05) is 18.2 Å². The zero-order chi connectivity index (χ0) is 24.4. The van der Waals surface area contributed by atoms with E-state index in [9.17, 15) is 9.59 Å². The number of rotatable bonds is 6. The van der Waals surface area contributed by atoms with Crippen LogP contribution < -0.4 is 18.9 Å². The molecule has 0 aliphatic carbocycles. The molecule has 34 heavy (non-hydrogen) atoms. The van der Waals surface area contributed by atoms with Gasteiger partial charge in [-0.2, -0.15) is 5.01 Å². The van der Waals surface area contributed by atoms with Crippen LogP contribution in [0.2, 0.25) is 0 Å². The molecule has 3 aromatic rings. The quantitative estimate of drug-likeness (QED) is 0.401. The van der Waals surface area contributed by atoms with Gasteiger partial charge in [0.15, 0.2) is 5.75 Å². The van der Waals surface area contributed by atoms with Crippen molar-refractivity contribution in [1.29, 1.82) is 0 Å². The van der Waals surface area contributed by atoms with Crippen LogP contribution in [0.1, 0.15) is 31.2 Å². The standard InChI is InChI=1S/C25H24N2O7/c1-14(28)27-25(19-12-16(30-3)10-11-21(19)31-4)34-24(26-27)20-13-22(32-5)17-8-6-7-9-18(17)23(20)33-15(2)29/h6-13,25H,1-5H3. The van der Waals surface area contributed by atoms with Crippen molar-refractivity contribution in [2.24, 2.45) is 5.10 Å². The summed E-state index contributed by atoms with van der Waals surface area (Å²) in [6.07, 6.45) is -0.930. The number of hydrogen-bond acceptors (Lipinski definition) is 8. The summed E-state index contributed by atoms with van der Waals surface area (Å²) in [7, 11) is 4.60. The molecule has 1 heterocycles. The first-order valence-corrected chi connectivity index (χ1v) is 10.4. The molecule has 4 rings (SSSR count). The maximum absolute atomic E-state index is 12.5. The van der Waals surface area contributed by atoms with Crippen molar-refractivity contribution in [2.75, 3.05) is 21.3 Å². The first kappa shape index (κ1) is 22.9. The maximum Gasteiger partial charge on any atom is 0.308 e. The van der Waals surface area contributed by atoms with Gasteiger partial charge >= 0.3 is 5.97 Å². The summed E-state index contributed by atoms with van der Waals surface area (Å²) in [6, 6.07) is 14.2. The van der Waals surface area contributed by atoms with Gasteiger partial charge in [0.25, 0.3) is 0 Å². The minimum Gasteiger partial charge on any atom is -0.497 e. The van der Waals surface area contributed by atoms with Gasteiger partial charge in [-0.05, 0) is 24.3 Å². The summed E-state index contributed by atoms with van der Waals surface area (Å²) in [4.78, 5) is 24.5. The largest absolute Gasteiger partial charge is 0.497 e. The fourth-order valence-electron chi connectivity index (χ4n) is 3.81. The van der Waals surface area contributed by atoms with Crippen LogP contribution in [-0.4, -0.2) is 44.1 Å². The van der Waals surface area contributed by atoms with E-state index in [4.69, 9.17) is 23.7 Å². The molecule has 0 spiro atoms. The van der Waals surface area contributed by atoms with Crippen LogP contribution in [-0.2, 0) is 14.3 Å². The van der Waals surface area contributed by atoms with Crippen LogP contribution in [0.5, 0.6) is 23.0 Å². The minimum atomic E-state index is -0.930. The molecule has 9 heteroatoms. The first-order chi connectivity index (χ1) is 16.4. The van der Waals surface area contributed by atoms with E-state index < -0.39 is 12.2 Å². The Morgan fingerprint density at radius 1 is 0.912 bits per heavy atom. The van der Waals surface area contributed by atoms with Gasteiger partial charge in [-0.25, -0.2) is 0 Å². The van der Waals surface area contributed by atoms with E-state index >= 15 is 0 Å². The van der Waals surface area contributed by atoms with Gasteiger partial charge in [0.05, 0.1) is 32.5 Å². The second-order valence-electron chi connectivity index (χ2n) is 7.44. The summed E-state index contributed by atoms with van der Waals surface area (Å²) in [5.74, 6) is 1.06. The second-order valence-corrected chi connectivity index (χ2v) is 7.44. The zero-order valence-corrected chi connectivity index (χ0v) is 19.4. The number of ether oxygens (including phenoxy) is 5. The highest BCUT2D eigenvalue weighted by atomic mass is 16.6. The topological polar surface area (TPSA) is 95.9 Å². The third-order valence-corrected chi connectivity index (χ3v) is 5.32. The number of carbonyl (C=O) groups excluding carboxylic acids is 2. The summed E-state index contributed by atoms with van der Waals surface area (Å²) >= 11 is 0. The number of esters is 1. The predicted molar refractivity (Wildman–Crippen MR) is 124 cm³/mol. The molecule has 0 bridgehead atoms. The van der Waals surface area contributed by atoms with Crippen LogP contribution in [0.4, 0.5) is 0 Å². The molecule has 176 valence electrons. The van der Waals surface area contributed by atoms with Crippen molar-refractivity contribution < 1.29 is 33.3 Å². The number of amides is 1. The van der Waals surface area contributed by atoms with E-state index in [-0.39, 0.29) is 17.6 Å². The van der Waals surface area contributed by atoms with Crippen LogP contribution >= 0.6 is 0 Å². The molecule has 1 amide bonds. The molecular formula is C25H24N2O7. The Kier molecular flexibility index (Phi) is 6.27. The molecule has 0 saturated heterocycles. The van der Waals surface area contributed by atoms with Gasteiger partial charge in [0.2, 0.25) is 18.0 Å². The Labute approximate surface area is 196 Å². The number of fused-ring (bicyclic) bond motifs is 1. The summed E-state index contributed by atoms with van der Waals surface area (Å²) in [5.41, 5.74) is 0.902. The van der Waals surface area contributed by atoms with E-state index in [1.165, 1.54) is 26.0 Å². The lowest BCUT2D eigenvalue weighted by Gasteiger charge is -2.22. The predicted octanol–water partition coefficient (Wildman–Crippen LogP) is 4.03. The van der Waals surface area contributed by atoms with E-state index in [2.05, 4.69) is 5.10 Å². The van der Waals surface area contributed by atoms with Crippen LogP contribution in [0, 0.1) is 0 Å². The second kappa shape index (κ2) is 9.30. The van der Waals surface area contributed by atoms with Crippen LogP contribution in [0.15, 0.2) is 53.6 Å². The van der Waals surface area contributed by atoms with E-state index in [0.29, 0.717) is 33.8 Å². The average Bonchev–Trinajstić information content (AvgIpc) is 3.29. The fourth-order valence-corrected chi connectivity index (χ4v) is 3.81. The lowest BCUT2D eigenvalue weighted by Crippen LogP contribution is -2.25. The molecule has 9 nitrogen and oxygen atoms in total. The number of hydrazone groups is 1. The molecule has 1 aliphatic rings. The van der Waals surface area contributed by atoms with Gasteiger partial charge in [-0.3, -0.25) is 9.59 Å². The SMILES string of the molecule is COc1ccc(OC)c(C2OC(c3cc(OC)c4ccccc4c3OC(C)=O)=NN2C(C)=O)c1. The molecule has 1 unspecified atom stereocenters. The van der Waals surface area contributed by atoms with Crippen LogP contribution in [0.3, 0.4) is 0 Å². The Bertz CT molecular complexity index is 1300. The third-order valence-electron chi connectivity index (χ3n) is 5.32. The lowest BCUT2D eigenvalue weighted by molar-refractivity contribution is -0.135. The lowest BCUT2D eigenvalue weighted by atomic mass is 10.0. The summed E-state index contributed by atoms with van der Waals surface area (Å²) < 4.78 is 28.2. The first-order valence-electron chi connectivity index (χ1n) is 10.4. The van der Waals surface area contributed by atoms with E-state index in [0.717, 1.165) is 5.39 Å². The molecular weight excluding hydrogens is 440 g/mol. The number of carbonyl (C=O) groups is 2. The number of nitrogens with zero attached hydrogens (tertiary/aromatic N) is 2. The van der Waals surface area contributed by atoms with E-state index in [1.54, 1.807) is 44.6 Å². The van der Waals surface area contributed by atoms with Crippen molar-refractivity contribution >= 4 is 28.5 Å². The molecule has 0 aromatic heterocycles. The van der Waals surface area contributed by atoms with Crippen molar-refractivity contribution in [2.45, 2.75) is 20.1 Å². The smallest absolute Gasteiger partial charge is 0.308 e. The van der Waals surface area contributed by atoms with Gasteiger partial charge < -0.3 is 23.7 Å². The van der Waals surface area contributed by atoms with Crippen molar-refractivity contribution in [1.82, 2.24) is 5.01 Å². The Balaban J connectivity index is 1.89. The molecule has 0 radical (unpaired) electrons. The van der Waals surface area contributed by atoms with Crippen molar-refractivity contribution in [3.63, 3.8) is 0 Å². The Morgan fingerprint density at radius 3 is 2.24 bits per heavy atom. The normalized spacial score (nSPS) is 14.9. The monoisotopic (exact) mass is 464 g/mol.